The van der Waals surface area contributed by atoms with Crippen LogP contribution in [0.4, 0.5) is 0 Å². The lowest BCUT2D eigenvalue weighted by atomic mass is 10.1. The number of amides is 1. The molecule has 1 aromatic rings. The average molecular weight is 338 g/mol. The van der Waals surface area contributed by atoms with E-state index >= 15 is 0 Å². The highest BCUT2D eigenvalue weighted by Crippen LogP contribution is 2.28. The molecule has 20 heavy (non-hydrogen) atoms. The third kappa shape index (κ3) is 4.45. The Labute approximate surface area is 125 Å². The molecule has 0 atom stereocenters. The first kappa shape index (κ1) is 14.7. The first-order valence-electron chi connectivity index (χ1n) is 6.38. The van der Waals surface area contributed by atoms with E-state index in [2.05, 4.69) is 26.5 Å². The normalized spacial score (nSPS) is 14.9. The summed E-state index contributed by atoms with van der Waals surface area (Å²) in [5.41, 5.74) is 3.83. The fourth-order valence-corrected chi connectivity index (χ4v) is 1.95. The fourth-order valence-electron chi connectivity index (χ4n) is 1.69. The molecule has 1 aliphatic carbocycles. The van der Waals surface area contributed by atoms with E-state index in [-0.39, 0.29) is 24.7 Å². The number of hydrazone groups is 1. The summed E-state index contributed by atoms with van der Waals surface area (Å²) >= 11 is 3.33. The van der Waals surface area contributed by atoms with Gasteiger partial charge in [0.05, 0.1) is 5.71 Å². The molecule has 1 aliphatic rings. The van der Waals surface area contributed by atoms with Crippen LogP contribution in [-0.2, 0) is 9.59 Å². The third-order valence-corrected chi connectivity index (χ3v) is 3.52. The minimum absolute atomic E-state index is 0.0612. The summed E-state index contributed by atoms with van der Waals surface area (Å²) in [7, 11) is 0. The van der Waals surface area contributed by atoms with Gasteiger partial charge in [-0.15, -0.1) is 0 Å². The number of nitrogens with one attached hydrogen (secondary N) is 1. The van der Waals surface area contributed by atoms with Crippen LogP contribution in [0.1, 0.15) is 31.2 Å². The molecule has 0 spiro atoms. The van der Waals surface area contributed by atoms with Crippen molar-refractivity contribution in [3.05, 3.63) is 34.3 Å². The molecule has 0 saturated heterocycles. The zero-order valence-electron chi connectivity index (χ0n) is 10.8. The molecule has 5 nitrogen and oxygen atoms in total. The van der Waals surface area contributed by atoms with Crippen LogP contribution in [0.15, 0.2) is 33.8 Å². The Bertz CT molecular complexity index is 536. The number of hydrogen-bond acceptors (Lipinski definition) is 4. The second-order valence-corrected chi connectivity index (χ2v) is 5.60. The van der Waals surface area contributed by atoms with Crippen molar-refractivity contribution >= 4 is 33.5 Å². The first-order chi connectivity index (χ1) is 9.56. The molecule has 1 saturated carbocycles. The van der Waals surface area contributed by atoms with Crippen molar-refractivity contribution in [3.63, 3.8) is 0 Å². The molecule has 1 N–H and O–H groups in total. The topological polar surface area (TPSA) is 81.6 Å². The van der Waals surface area contributed by atoms with Crippen LogP contribution in [-0.4, -0.2) is 17.6 Å². The van der Waals surface area contributed by atoms with Gasteiger partial charge in [-0.25, -0.2) is 5.43 Å². The standard InChI is InChI=1S/C14H15BrN2O3/c15-11-5-3-9(4-6-11)12(7-8-13(18)19)16-17-14(20)10-1-2-10/h3-6,10H,1-2,7-8H2,(H,17,20)(H,18,19)/p-1/b16-12-. The molecule has 1 aromatic carbocycles. The molecule has 106 valence electrons. The van der Waals surface area contributed by atoms with Gasteiger partial charge in [-0.05, 0) is 43.4 Å². The van der Waals surface area contributed by atoms with Gasteiger partial charge in [0.25, 0.3) is 0 Å². The van der Waals surface area contributed by atoms with Crippen molar-refractivity contribution in [1.29, 1.82) is 0 Å². The Balaban J connectivity index is 2.09. The molecule has 1 amide bonds. The minimum atomic E-state index is -1.14. The number of aliphatic carboxylic acids is 1. The van der Waals surface area contributed by atoms with Crippen LogP contribution >= 0.6 is 15.9 Å². The number of carbonyl (C=O) groups excluding carboxylic acids is 2. The minimum Gasteiger partial charge on any atom is -0.550 e. The number of nitrogens with zero attached hydrogens (tertiary/aromatic N) is 1. The summed E-state index contributed by atoms with van der Waals surface area (Å²) < 4.78 is 0.919. The number of carbonyl (C=O) groups is 2. The van der Waals surface area contributed by atoms with Gasteiger partial charge < -0.3 is 9.90 Å². The highest BCUT2D eigenvalue weighted by Gasteiger charge is 2.29. The molecule has 0 bridgehead atoms. The van der Waals surface area contributed by atoms with E-state index in [1.54, 1.807) is 0 Å². The Hall–Kier alpha value is -1.69. The summed E-state index contributed by atoms with van der Waals surface area (Å²) in [5.74, 6) is -1.18. The summed E-state index contributed by atoms with van der Waals surface area (Å²) in [4.78, 5) is 22.2. The SMILES string of the molecule is O=C([O-])CC/C(=N/NC(=O)C1CC1)c1ccc(Br)cc1. The second-order valence-electron chi connectivity index (χ2n) is 4.69. The molecule has 0 aromatic heterocycles. The van der Waals surface area contributed by atoms with Gasteiger partial charge in [-0.1, -0.05) is 28.1 Å². The van der Waals surface area contributed by atoms with E-state index in [9.17, 15) is 14.7 Å². The molecular formula is C14H14BrN2O3-. The lowest BCUT2D eigenvalue weighted by Crippen LogP contribution is -2.25. The van der Waals surface area contributed by atoms with E-state index < -0.39 is 5.97 Å². The predicted octanol–water partition coefficient (Wildman–Crippen LogP) is 1.21. The quantitative estimate of drug-likeness (QED) is 0.625. The summed E-state index contributed by atoms with van der Waals surface area (Å²) in [5, 5.41) is 14.7. The maximum absolute atomic E-state index is 11.6. The van der Waals surface area contributed by atoms with Crippen molar-refractivity contribution in [1.82, 2.24) is 5.43 Å². The molecular weight excluding hydrogens is 324 g/mol. The molecule has 1 fully saturated rings. The van der Waals surface area contributed by atoms with Crippen molar-refractivity contribution < 1.29 is 14.7 Å². The van der Waals surface area contributed by atoms with Crippen molar-refractivity contribution in [3.8, 4) is 0 Å². The average Bonchev–Trinajstić information content (AvgIpc) is 3.24. The van der Waals surface area contributed by atoms with Gasteiger partial charge >= 0.3 is 0 Å². The summed E-state index contributed by atoms with van der Waals surface area (Å²) in [6.45, 7) is 0. The zero-order chi connectivity index (χ0) is 14.5. The molecule has 0 aliphatic heterocycles. The summed E-state index contributed by atoms with van der Waals surface area (Å²) in [6.07, 6.45) is 1.88. The van der Waals surface area contributed by atoms with Crippen LogP contribution in [0.2, 0.25) is 0 Å². The Kier molecular flexibility index (Phi) is 4.89. The number of benzene rings is 1. The Morgan fingerprint density at radius 1 is 1.25 bits per heavy atom. The monoisotopic (exact) mass is 337 g/mol. The van der Waals surface area contributed by atoms with Crippen LogP contribution < -0.4 is 10.5 Å². The van der Waals surface area contributed by atoms with Crippen LogP contribution in [0.5, 0.6) is 0 Å². The number of carboxylic acids is 1. The van der Waals surface area contributed by atoms with E-state index in [4.69, 9.17) is 0 Å². The molecule has 2 rings (SSSR count). The second kappa shape index (κ2) is 6.65. The van der Waals surface area contributed by atoms with Crippen LogP contribution in [0.3, 0.4) is 0 Å². The first-order valence-corrected chi connectivity index (χ1v) is 7.18. The van der Waals surface area contributed by atoms with E-state index in [1.165, 1.54) is 0 Å². The fraction of sp³-hybridized carbons (Fsp3) is 0.357. The molecule has 0 radical (unpaired) electrons. The Morgan fingerprint density at radius 3 is 2.45 bits per heavy atom. The maximum atomic E-state index is 11.6. The molecule has 0 heterocycles. The van der Waals surface area contributed by atoms with Crippen molar-refractivity contribution in [2.24, 2.45) is 11.0 Å². The Morgan fingerprint density at radius 2 is 1.90 bits per heavy atom. The van der Waals surface area contributed by atoms with Crippen LogP contribution in [0.25, 0.3) is 0 Å². The molecule has 6 heteroatoms. The highest BCUT2D eigenvalue weighted by molar-refractivity contribution is 9.10. The predicted molar refractivity (Wildman–Crippen MR) is 75.8 cm³/mol. The maximum Gasteiger partial charge on any atom is 0.243 e. The molecule has 0 unspecified atom stereocenters. The summed E-state index contributed by atoms with van der Waals surface area (Å²) in [6, 6.07) is 7.32. The zero-order valence-corrected chi connectivity index (χ0v) is 12.4. The third-order valence-electron chi connectivity index (χ3n) is 2.99. The van der Waals surface area contributed by atoms with E-state index in [0.29, 0.717) is 5.71 Å². The number of rotatable bonds is 6. The van der Waals surface area contributed by atoms with Gasteiger partial charge in [0, 0.05) is 16.4 Å². The van der Waals surface area contributed by atoms with Gasteiger partial charge in [-0.3, -0.25) is 4.79 Å². The number of halogens is 1. The number of hydrogen-bond donors (Lipinski definition) is 1. The van der Waals surface area contributed by atoms with Gasteiger partial charge in [-0.2, -0.15) is 5.10 Å². The highest BCUT2D eigenvalue weighted by atomic mass is 79.9. The van der Waals surface area contributed by atoms with E-state index in [1.807, 2.05) is 24.3 Å². The van der Waals surface area contributed by atoms with Crippen molar-refractivity contribution in [2.75, 3.05) is 0 Å². The lowest BCUT2D eigenvalue weighted by molar-refractivity contribution is -0.305. The smallest absolute Gasteiger partial charge is 0.243 e. The number of carboxylic acid groups (broad SMARTS) is 1. The van der Waals surface area contributed by atoms with Crippen LogP contribution in [0, 0.1) is 5.92 Å². The lowest BCUT2D eigenvalue weighted by Gasteiger charge is -2.08. The van der Waals surface area contributed by atoms with Crippen molar-refractivity contribution in [2.45, 2.75) is 25.7 Å². The van der Waals surface area contributed by atoms with Gasteiger partial charge in [0.2, 0.25) is 5.91 Å². The van der Waals surface area contributed by atoms with Gasteiger partial charge in [0.15, 0.2) is 0 Å². The van der Waals surface area contributed by atoms with E-state index in [0.717, 1.165) is 22.9 Å². The van der Waals surface area contributed by atoms with Gasteiger partial charge in [0.1, 0.15) is 0 Å². The largest absolute Gasteiger partial charge is 0.550 e.